The first kappa shape index (κ1) is 20.5. The monoisotopic (exact) mass is 439 g/mol. The van der Waals surface area contributed by atoms with E-state index in [4.69, 9.17) is 14.0 Å². The molecule has 2 heterocycles. The minimum atomic E-state index is -0.490. The van der Waals surface area contributed by atoms with E-state index >= 15 is 0 Å². The number of carbonyl (C=O) groups is 1. The minimum Gasteiger partial charge on any atom is -0.454 e. The van der Waals surface area contributed by atoms with Crippen molar-refractivity contribution in [2.45, 2.75) is 12.5 Å². The first-order valence-electron chi connectivity index (χ1n) is 10.6. The number of hydrogen-bond donors (Lipinski definition) is 1. The van der Waals surface area contributed by atoms with Gasteiger partial charge in [0, 0.05) is 18.1 Å². The van der Waals surface area contributed by atoms with Gasteiger partial charge >= 0.3 is 0 Å². The molecule has 0 fully saturated rings. The molecule has 33 heavy (non-hydrogen) atoms. The quantitative estimate of drug-likeness (QED) is 0.424. The van der Waals surface area contributed by atoms with Crippen molar-refractivity contribution in [2.75, 3.05) is 6.79 Å². The lowest BCUT2D eigenvalue weighted by atomic mass is 10.1. The first-order valence-corrected chi connectivity index (χ1v) is 10.6. The van der Waals surface area contributed by atoms with Gasteiger partial charge in [-0.25, -0.2) is 0 Å². The number of carbonyl (C=O) groups excluding carboxylic acids is 1. The van der Waals surface area contributed by atoms with Gasteiger partial charge in [0.1, 0.15) is 6.04 Å². The number of ether oxygens (including phenoxy) is 2. The number of hydrogen-bond acceptors (Lipinski definition) is 6. The zero-order chi connectivity index (χ0) is 22.5. The first-order chi connectivity index (χ1) is 16.2. The molecule has 1 aliphatic rings. The van der Waals surface area contributed by atoms with Crippen molar-refractivity contribution in [3.05, 3.63) is 102 Å². The number of nitrogens with zero attached hydrogens (tertiary/aromatic N) is 2. The van der Waals surface area contributed by atoms with Gasteiger partial charge in [-0.05, 0) is 35.4 Å². The average molecular weight is 439 g/mol. The molecule has 0 spiro atoms. The maximum atomic E-state index is 12.7. The lowest BCUT2D eigenvalue weighted by molar-refractivity contribution is -0.117. The number of aromatic nitrogens is 2. The highest BCUT2D eigenvalue weighted by atomic mass is 16.7. The smallest absolute Gasteiger partial charge is 0.249 e. The fourth-order valence-electron chi connectivity index (χ4n) is 3.54. The number of benzene rings is 3. The standard InChI is InChI=1S/C26H21N3O4/c30-24(14-11-18-7-3-1-4-8-18)27-21(15-19-9-5-2-6-10-19)26-28-25(29-33-26)20-12-13-22-23(16-20)32-17-31-22/h1-14,16,21H,15,17H2,(H,27,30)/b14-11+/t21-/m1/s1. The molecule has 0 saturated heterocycles. The summed E-state index contributed by atoms with van der Waals surface area (Å²) in [5.41, 5.74) is 2.72. The Balaban J connectivity index is 1.37. The summed E-state index contributed by atoms with van der Waals surface area (Å²) >= 11 is 0. The van der Waals surface area contributed by atoms with E-state index in [0.717, 1.165) is 16.7 Å². The van der Waals surface area contributed by atoms with E-state index in [-0.39, 0.29) is 12.7 Å². The summed E-state index contributed by atoms with van der Waals surface area (Å²) in [6.07, 6.45) is 3.78. The van der Waals surface area contributed by atoms with Crippen molar-refractivity contribution in [1.29, 1.82) is 0 Å². The van der Waals surface area contributed by atoms with Gasteiger partial charge in [-0.15, -0.1) is 0 Å². The van der Waals surface area contributed by atoms with Gasteiger partial charge in [-0.1, -0.05) is 65.8 Å². The van der Waals surface area contributed by atoms with Crippen LogP contribution in [-0.2, 0) is 11.2 Å². The highest BCUT2D eigenvalue weighted by Gasteiger charge is 2.23. The van der Waals surface area contributed by atoms with Gasteiger partial charge in [0.2, 0.25) is 24.4 Å². The van der Waals surface area contributed by atoms with Gasteiger partial charge in [0.15, 0.2) is 11.5 Å². The molecular weight excluding hydrogens is 418 g/mol. The summed E-state index contributed by atoms with van der Waals surface area (Å²) in [6, 6.07) is 24.5. The molecule has 0 saturated carbocycles. The molecule has 1 amide bonds. The molecule has 0 unspecified atom stereocenters. The highest BCUT2D eigenvalue weighted by molar-refractivity contribution is 5.91. The Morgan fingerprint density at radius 1 is 0.970 bits per heavy atom. The van der Waals surface area contributed by atoms with Crippen molar-refractivity contribution < 1.29 is 18.8 Å². The summed E-state index contributed by atoms with van der Waals surface area (Å²) in [5, 5.41) is 7.12. The maximum absolute atomic E-state index is 12.7. The molecule has 0 bridgehead atoms. The molecule has 164 valence electrons. The largest absolute Gasteiger partial charge is 0.454 e. The molecule has 5 rings (SSSR count). The molecular formula is C26H21N3O4. The third kappa shape index (κ3) is 4.93. The molecule has 7 nitrogen and oxygen atoms in total. The Bertz CT molecular complexity index is 1270. The van der Waals surface area contributed by atoms with Crippen LogP contribution in [-0.4, -0.2) is 22.8 Å². The second kappa shape index (κ2) is 9.40. The summed E-state index contributed by atoms with van der Waals surface area (Å²) in [7, 11) is 0. The van der Waals surface area contributed by atoms with Crippen molar-refractivity contribution in [3.63, 3.8) is 0 Å². The number of fused-ring (bicyclic) bond motifs is 1. The maximum Gasteiger partial charge on any atom is 0.249 e. The van der Waals surface area contributed by atoms with Crippen LogP contribution in [0.25, 0.3) is 17.5 Å². The number of amides is 1. The third-order valence-corrected chi connectivity index (χ3v) is 5.20. The predicted octanol–water partition coefficient (Wildman–Crippen LogP) is 4.58. The van der Waals surface area contributed by atoms with Crippen molar-refractivity contribution >= 4 is 12.0 Å². The van der Waals surface area contributed by atoms with Crippen LogP contribution in [0.15, 0.2) is 89.5 Å². The number of nitrogens with one attached hydrogen (secondary N) is 1. The van der Waals surface area contributed by atoms with Crippen LogP contribution in [0.5, 0.6) is 11.5 Å². The molecule has 1 atom stereocenters. The molecule has 1 aliphatic heterocycles. The van der Waals surface area contributed by atoms with E-state index in [1.54, 1.807) is 6.08 Å². The van der Waals surface area contributed by atoms with E-state index in [2.05, 4.69) is 15.5 Å². The molecule has 3 aromatic carbocycles. The van der Waals surface area contributed by atoms with E-state index < -0.39 is 6.04 Å². The summed E-state index contributed by atoms with van der Waals surface area (Å²) in [5.74, 6) is 1.81. The van der Waals surface area contributed by atoms with Gasteiger partial charge in [0.25, 0.3) is 0 Å². The SMILES string of the molecule is O=C(/C=C/c1ccccc1)N[C@H](Cc1ccccc1)c1nc(-c2ccc3c(c2)OCO3)no1. The summed E-state index contributed by atoms with van der Waals surface area (Å²) in [6.45, 7) is 0.192. The lowest BCUT2D eigenvalue weighted by Crippen LogP contribution is -2.28. The number of rotatable bonds is 7. The Labute approximate surface area is 190 Å². The summed E-state index contributed by atoms with van der Waals surface area (Å²) < 4.78 is 16.4. The zero-order valence-electron chi connectivity index (χ0n) is 17.7. The van der Waals surface area contributed by atoms with Gasteiger partial charge in [-0.2, -0.15) is 4.98 Å². The molecule has 1 aromatic heterocycles. The lowest BCUT2D eigenvalue weighted by Gasteiger charge is -2.14. The molecule has 1 N–H and O–H groups in total. The normalized spacial score (nSPS) is 13.2. The van der Waals surface area contributed by atoms with Crippen LogP contribution in [0.4, 0.5) is 0 Å². The average Bonchev–Trinajstić information content (AvgIpc) is 3.53. The molecule has 0 radical (unpaired) electrons. The van der Waals surface area contributed by atoms with E-state index in [9.17, 15) is 4.79 Å². The molecule has 4 aromatic rings. The van der Waals surface area contributed by atoms with Crippen molar-refractivity contribution in [1.82, 2.24) is 15.5 Å². The second-order valence-corrected chi connectivity index (χ2v) is 7.52. The van der Waals surface area contributed by atoms with Gasteiger partial charge in [-0.3, -0.25) is 4.79 Å². The van der Waals surface area contributed by atoms with Crippen molar-refractivity contribution in [3.8, 4) is 22.9 Å². The highest BCUT2D eigenvalue weighted by Crippen LogP contribution is 2.35. The summed E-state index contributed by atoms with van der Waals surface area (Å²) in [4.78, 5) is 17.2. The second-order valence-electron chi connectivity index (χ2n) is 7.52. The fourth-order valence-corrected chi connectivity index (χ4v) is 3.54. The Kier molecular flexibility index (Phi) is 5.84. The van der Waals surface area contributed by atoms with Gasteiger partial charge in [0.05, 0.1) is 0 Å². The van der Waals surface area contributed by atoms with Gasteiger partial charge < -0.3 is 19.3 Å². The fraction of sp³-hybridized carbons (Fsp3) is 0.115. The van der Waals surface area contributed by atoms with E-state index in [1.165, 1.54) is 6.08 Å². The van der Waals surface area contributed by atoms with Crippen LogP contribution in [0.3, 0.4) is 0 Å². The molecule has 0 aliphatic carbocycles. The topological polar surface area (TPSA) is 86.5 Å². The third-order valence-electron chi connectivity index (χ3n) is 5.20. The van der Waals surface area contributed by atoms with E-state index in [0.29, 0.717) is 29.6 Å². The minimum absolute atomic E-state index is 0.192. The van der Waals surface area contributed by atoms with Crippen LogP contribution >= 0.6 is 0 Å². The van der Waals surface area contributed by atoms with E-state index in [1.807, 2.05) is 78.9 Å². The van der Waals surface area contributed by atoms with Crippen LogP contribution in [0, 0.1) is 0 Å². The Morgan fingerprint density at radius 3 is 2.55 bits per heavy atom. The van der Waals surface area contributed by atoms with Crippen LogP contribution in [0.1, 0.15) is 23.1 Å². The van der Waals surface area contributed by atoms with Crippen LogP contribution in [0.2, 0.25) is 0 Å². The van der Waals surface area contributed by atoms with Crippen LogP contribution < -0.4 is 14.8 Å². The Hall–Kier alpha value is -4.39. The predicted molar refractivity (Wildman–Crippen MR) is 122 cm³/mol. The molecule has 7 heteroatoms. The Morgan fingerprint density at radius 2 is 1.73 bits per heavy atom. The van der Waals surface area contributed by atoms with Crippen molar-refractivity contribution in [2.24, 2.45) is 0 Å². The zero-order valence-corrected chi connectivity index (χ0v) is 17.7.